The lowest BCUT2D eigenvalue weighted by atomic mass is 9.96. The number of nitrogens with one attached hydrogen (secondary N) is 1. The predicted molar refractivity (Wildman–Crippen MR) is 88.8 cm³/mol. The molecule has 0 saturated carbocycles. The van der Waals surface area contributed by atoms with Gasteiger partial charge in [-0.2, -0.15) is 0 Å². The van der Waals surface area contributed by atoms with Crippen molar-refractivity contribution in [2.75, 3.05) is 32.9 Å². The molecular formula is C17H27N3O3. The van der Waals surface area contributed by atoms with E-state index in [0.29, 0.717) is 19.8 Å². The van der Waals surface area contributed by atoms with Gasteiger partial charge >= 0.3 is 0 Å². The first-order valence-electron chi connectivity index (χ1n) is 8.25. The maximum Gasteiger partial charge on any atom is 0.237 e. The molecule has 1 amide bonds. The van der Waals surface area contributed by atoms with Gasteiger partial charge in [0.2, 0.25) is 5.91 Å². The molecule has 1 heterocycles. The Bertz CT molecular complexity index is 488. The van der Waals surface area contributed by atoms with E-state index in [4.69, 9.17) is 15.3 Å². The molecule has 0 aromatic heterocycles. The summed E-state index contributed by atoms with van der Waals surface area (Å²) in [5.74, 6) is 6.07. The number of hydrogen-bond donors (Lipinski definition) is 2. The van der Waals surface area contributed by atoms with Crippen LogP contribution in [-0.2, 0) is 16.1 Å². The number of benzene rings is 1. The number of ether oxygens (including phenoxy) is 2. The normalized spacial score (nSPS) is 16.3. The Morgan fingerprint density at radius 1 is 1.35 bits per heavy atom. The highest BCUT2D eigenvalue weighted by Crippen LogP contribution is 2.20. The van der Waals surface area contributed by atoms with E-state index in [0.717, 1.165) is 38.2 Å². The molecule has 0 spiro atoms. The summed E-state index contributed by atoms with van der Waals surface area (Å²) < 4.78 is 11.0. The highest BCUT2D eigenvalue weighted by Gasteiger charge is 2.24. The van der Waals surface area contributed by atoms with Crippen LogP contribution in [0.3, 0.4) is 0 Å². The number of hydrazine groups is 1. The van der Waals surface area contributed by atoms with Gasteiger partial charge in [0.05, 0.1) is 6.61 Å². The van der Waals surface area contributed by atoms with Crippen LogP contribution in [0, 0.1) is 5.92 Å². The van der Waals surface area contributed by atoms with Crippen molar-refractivity contribution in [3.63, 3.8) is 0 Å². The molecule has 1 saturated heterocycles. The van der Waals surface area contributed by atoms with Crippen molar-refractivity contribution in [2.24, 2.45) is 11.8 Å². The van der Waals surface area contributed by atoms with E-state index >= 15 is 0 Å². The molecule has 6 nitrogen and oxygen atoms in total. The van der Waals surface area contributed by atoms with Gasteiger partial charge in [0.15, 0.2) is 0 Å². The Labute approximate surface area is 137 Å². The molecule has 1 aliphatic heterocycles. The van der Waals surface area contributed by atoms with Crippen molar-refractivity contribution in [3.8, 4) is 5.75 Å². The van der Waals surface area contributed by atoms with Crippen molar-refractivity contribution < 1.29 is 14.3 Å². The predicted octanol–water partition coefficient (Wildman–Crippen LogP) is 1.30. The summed E-state index contributed by atoms with van der Waals surface area (Å²) in [6, 6.07) is 8.16. The number of rotatable bonds is 8. The van der Waals surface area contributed by atoms with Crippen molar-refractivity contribution >= 4 is 5.91 Å². The first-order chi connectivity index (χ1) is 11.2. The molecule has 1 aromatic carbocycles. The van der Waals surface area contributed by atoms with E-state index in [1.165, 1.54) is 5.56 Å². The third kappa shape index (κ3) is 5.82. The molecule has 0 atom stereocenters. The molecule has 2 rings (SSSR count). The first-order valence-corrected chi connectivity index (χ1v) is 8.25. The molecule has 6 heteroatoms. The number of amides is 1. The van der Waals surface area contributed by atoms with Crippen LogP contribution in [0.4, 0.5) is 0 Å². The van der Waals surface area contributed by atoms with Crippen LogP contribution in [0.5, 0.6) is 5.75 Å². The van der Waals surface area contributed by atoms with Crippen molar-refractivity contribution in [2.45, 2.75) is 26.3 Å². The van der Waals surface area contributed by atoms with Crippen molar-refractivity contribution in [1.82, 2.24) is 10.3 Å². The topological polar surface area (TPSA) is 76.8 Å². The molecule has 1 aromatic rings. The fraction of sp³-hybridized carbons (Fsp3) is 0.588. The second-order valence-electron chi connectivity index (χ2n) is 5.75. The van der Waals surface area contributed by atoms with Gasteiger partial charge in [-0.15, -0.1) is 0 Å². The molecule has 0 radical (unpaired) electrons. The Morgan fingerprint density at radius 2 is 2.13 bits per heavy atom. The summed E-state index contributed by atoms with van der Waals surface area (Å²) in [7, 11) is 0. The molecule has 1 fully saturated rings. The van der Waals surface area contributed by atoms with Gasteiger partial charge in [0, 0.05) is 19.1 Å². The average Bonchev–Trinajstić information content (AvgIpc) is 2.59. The first kappa shape index (κ1) is 17.7. The maximum atomic E-state index is 11.5. The van der Waals surface area contributed by atoms with E-state index in [2.05, 4.69) is 22.5 Å². The maximum absolute atomic E-state index is 11.5. The van der Waals surface area contributed by atoms with Gasteiger partial charge < -0.3 is 9.47 Å². The monoisotopic (exact) mass is 321 g/mol. The van der Waals surface area contributed by atoms with E-state index < -0.39 is 0 Å². The fourth-order valence-corrected chi connectivity index (χ4v) is 2.83. The average molecular weight is 321 g/mol. The summed E-state index contributed by atoms with van der Waals surface area (Å²) in [6.45, 7) is 6.55. The zero-order valence-electron chi connectivity index (χ0n) is 13.8. The second kappa shape index (κ2) is 9.50. The highest BCUT2D eigenvalue weighted by molar-refractivity contribution is 5.78. The summed E-state index contributed by atoms with van der Waals surface area (Å²) in [5.41, 5.74) is 3.47. The second-order valence-corrected chi connectivity index (χ2v) is 5.75. The largest absolute Gasteiger partial charge is 0.491 e. The Morgan fingerprint density at radius 3 is 2.83 bits per heavy atom. The van der Waals surface area contributed by atoms with Gasteiger partial charge in [-0.25, -0.2) is 5.84 Å². The van der Waals surface area contributed by atoms with Gasteiger partial charge in [0.1, 0.15) is 12.4 Å². The Hall–Kier alpha value is -1.63. The van der Waals surface area contributed by atoms with E-state index in [9.17, 15) is 4.79 Å². The van der Waals surface area contributed by atoms with Crippen LogP contribution in [0.25, 0.3) is 0 Å². The fourth-order valence-electron chi connectivity index (χ4n) is 2.83. The minimum Gasteiger partial charge on any atom is -0.491 e. The number of nitrogens with two attached hydrogens (primary N) is 1. The van der Waals surface area contributed by atoms with Gasteiger partial charge in [-0.3, -0.25) is 15.1 Å². The third-order valence-electron chi connectivity index (χ3n) is 4.11. The van der Waals surface area contributed by atoms with E-state index in [1.807, 2.05) is 19.1 Å². The zero-order valence-corrected chi connectivity index (χ0v) is 13.8. The van der Waals surface area contributed by atoms with Gasteiger partial charge in [-0.05, 0) is 50.6 Å². The Kier molecular flexibility index (Phi) is 7.32. The third-order valence-corrected chi connectivity index (χ3v) is 4.11. The smallest absolute Gasteiger partial charge is 0.237 e. The summed E-state index contributed by atoms with van der Waals surface area (Å²) >= 11 is 0. The summed E-state index contributed by atoms with van der Waals surface area (Å²) in [6.07, 6.45) is 1.71. The van der Waals surface area contributed by atoms with E-state index in [1.54, 1.807) is 0 Å². The number of likely N-dealkylation sites (tertiary alicyclic amines) is 1. The number of carbonyl (C=O) groups excluding carboxylic acids is 1. The minimum absolute atomic E-state index is 0.0458. The lowest BCUT2D eigenvalue weighted by Gasteiger charge is -2.31. The molecule has 3 N–H and O–H groups in total. The van der Waals surface area contributed by atoms with Gasteiger partial charge in [0.25, 0.3) is 0 Å². The lowest BCUT2D eigenvalue weighted by Crippen LogP contribution is -2.42. The van der Waals surface area contributed by atoms with Crippen LogP contribution in [0.2, 0.25) is 0 Å². The molecule has 0 aliphatic carbocycles. The molecule has 23 heavy (non-hydrogen) atoms. The zero-order chi connectivity index (χ0) is 16.5. The highest BCUT2D eigenvalue weighted by atomic mass is 16.5. The summed E-state index contributed by atoms with van der Waals surface area (Å²) in [4.78, 5) is 13.9. The van der Waals surface area contributed by atoms with Crippen LogP contribution in [0.1, 0.15) is 25.3 Å². The van der Waals surface area contributed by atoms with Gasteiger partial charge in [-0.1, -0.05) is 12.1 Å². The van der Waals surface area contributed by atoms with Crippen LogP contribution < -0.4 is 16.0 Å². The number of carbonyl (C=O) groups is 1. The number of piperidine rings is 1. The number of nitrogens with zero attached hydrogens (tertiary/aromatic N) is 1. The number of hydrogen-bond acceptors (Lipinski definition) is 5. The van der Waals surface area contributed by atoms with Crippen LogP contribution in [0.15, 0.2) is 24.3 Å². The molecular weight excluding hydrogens is 294 g/mol. The quantitative estimate of drug-likeness (QED) is 0.327. The Balaban J connectivity index is 1.78. The molecule has 128 valence electrons. The molecule has 1 aliphatic rings. The summed E-state index contributed by atoms with van der Waals surface area (Å²) in [5, 5.41) is 0. The molecule has 0 bridgehead atoms. The van der Waals surface area contributed by atoms with Crippen LogP contribution >= 0.6 is 0 Å². The van der Waals surface area contributed by atoms with Crippen LogP contribution in [-0.4, -0.2) is 43.7 Å². The molecule has 0 unspecified atom stereocenters. The van der Waals surface area contributed by atoms with Crippen molar-refractivity contribution in [1.29, 1.82) is 0 Å². The SMILES string of the molecule is CCOCCOc1cccc(CN2CCC(C(=O)NN)CC2)c1. The van der Waals surface area contributed by atoms with Crippen molar-refractivity contribution in [3.05, 3.63) is 29.8 Å². The van der Waals surface area contributed by atoms with E-state index in [-0.39, 0.29) is 11.8 Å². The standard InChI is InChI=1S/C17H27N3O3/c1-2-22-10-11-23-16-5-3-4-14(12-16)13-20-8-6-15(7-9-20)17(21)19-18/h3-5,12,15H,2,6-11,13,18H2,1H3,(H,19,21). The lowest BCUT2D eigenvalue weighted by molar-refractivity contribution is -0.126. The minimum atomic E-state index is -0.0469.